The molecule has 1 amide bonds. The Balaban J connectivity index is 1.75. The predicted octanol–water partition coefficient (Wildman–Crippen LogP) is 1.01. The van der Waals surface area contributed by atoms with Gasteiger partial charge in [0.05, 0.1) is 28.9 Å². The molecule has 6 nitrogen and oxygen atoms in total. The Morgan fingerprint density at radius 2 is 2.33 bits per heavy atom. The number of benzene rings is 1. The number of halogens is 2. The zero-order valence-corrected chi connectivity index (χ0v) is 11.7. The zero-order chi connectivity index (χ0) is 14.8. The van der Waals surface area contributed by atoms with Gasteiger partial charge in [-0.15, -0.1) is 5.10 Å². The fraction of sp³-hybridized carbons (Fsp3) is 0.308. The summed E-state index contributed by atoms with van der Waals surface area (Å²) in [5.74, 6) is -0.807. The standard InChI is InChI=1S/C13H13ClFN5O/c14-10-5-8(15)1-2-9(10)13(21)18-11-6-16-7-12(11)20-4-3-17-19-20/h1-5,11-12,16H,6-7H2,(H,18,21)/t11-,12+/m1/s1. The summed E-state index contributed by atoms with van der Waals surface area (Å²) in [7, 11) is 0. The summed E-state index contributed by atoms with van der Waals surface area (Å²) in [6, 6.07) is 3.55. The van der Waals surface area contributed by atoms with Gasteiger partial charge in [-0.2, -0.15) is 0 Å². The Hall–Kier alpha value is -1.99. The number of carbonyl (C=O) groups excluding carboxylic acids is 1. The minimum absolute atomic E-state index is 0.0179. The van der Waals surface area contributed by atoms with Crippen molar-refractivity contribution in [1.82, 2.24) is 25.6 Å². The van der Waals surface area contributed by atoms with Crippen LogP contribution in [0.15, 0.2) is 30.6 Å². The number of hydrogen-bond donors (Lipinski definition) is 2. The van der Waals surface area contributed by atoms with Crippen molar-refractivity contribution in [3.8, 4) is 0 Å². The Bertz CT molecular complexity index is 648. The van der Waals surface area contributed by atoms with E-state index in [4.69, 9.17) is 11.6 Å². The van der Waals surface area contributed by atoms with Crippen molar-refractivity contribution >= 4 is 17.5 Å². The van der Waals surface area contributed by atoms with E-state index in [1.165, 1.54) is 12.1 Å². The first-order chi connectivity index (χ1) is 10.1. The maximum absolute atomic E-state index is 13.0. The van der Waals surface area contributed by atoms with E-state index >= 15 is 0 Å². The Kier molecular flexibility index (Phi) is 3.85. The fourth-order valence-electron chi connectivity index (χ4n) is 2.40. The molecule has 1 saturated heterocycles. The highest BCUT2D eigenvalue weighted by molar-refractivity contribution is 6.33. The molecule has 0 aliphatic carbocycles. The van der Waals surface area contributed by atoms with E-state index in [2.05, 4.69) is 20.9 Å². The lowest BCUT2D eigenvalue weighted by molar-refractivity contribution is 0.0931. The molecule has 0 spiro atoms. The van der Waals surface area contributed by atoms with Crippen LogP contribution < -0.4 is 10.6 Å². The summed E-state index contributed by atoms with van der Waals surface area (Å²) in [6.07, 6.45) is 3.34. The normalized spacial score (nSPS) is 21.4. The molecular weight excluding hydrogens is 297 g/mol. The van der Waals surface area contributed by atoms with Crippen LogP contribution >= 0.6 is 11.6 Å². The molecule has 0 unspecified atom stereocenters. The van der Waals surface area contributed by atoms with Crippen molar-refractivity contribution in [3.63, 3.8) is 0 Å². The van der Waals surface area contributed by atoms with Crippen molar-refractivity contribution in [2.45, 2.75) is 12.1 Å². The molecule has 1 aromatic carbocycles. The van der Waals surface area contributed by atoms with Crippen LogP contribution in [-0.2, 0) is 0 Å². The molecule has 0 saturated carbocycles. The van der Waals surface area contributed by atoms with E-state index in [-0.39, 0.29) is 28.6 Å². The molecule has 0 radical (unpaired) electrons. The van der Waals surface area contributed by atoms with Crippen molar-refractivity contribution in [2.75, 3.05) is 13.1 Å². The number of carbonyl (C=O) groups is 1. The number of nitrogens with zero attached hydrogens (tertiary/aromatic N) is 3. The van der Waals surface area contributed by atoms with Crippen LogP contribution in [0.25, 0.3) is 0 Å². The third kappa shape index (κ3) is 2.88. The molecule has 110 valence electrons. The van der Waals surface area contributed by atoms with E-state index in [1.54, 1.807) is 17.1 Å². The highest BCUT2D eigenvalue weighted by Gasteiger charge is 2.31. The van der Waals surface area contributed by atoms with Gasteiger partial charge in [0.1, 0.15) is 5.82 Å². The van der Waals surface area contributed by atoms with Gasteiger partial charge in [-0.25, -0.2) is 9.07 Å². The molecule has 2 heterocycles. The van der Waals surface area contributed by atoms with E-state index in [0.29, 0.717) is 13.1 Å². The highest BCUT2D eigenvalue weighted by atomic mass is 35.5. The molecule has 1 aliphatic rings. The lowest BCUT2D eigenvalue weighted by Gasteiger charge is -2.20. The first-order valence-electron chi connectivity index (χ1n) is 6.47. The molecule has 8 heteroatoms. The van der Waals surface area contributed by atoms with Gasteiger partial charge in [-0.1, -0.05) is 16.8 Å². The summed E-state index contributed by atoms with van der Waals surface area (Å²) in [4.78, 5) is 12.3. The van der Waals surface area contributed by atoms with Crippen molar-refractivity contribution in [3.05, 3.63) is 47.0 Å². The van der Waals surface area contributed by atoms with Gasteiger partial charge in [0.15, 0.2) is 0 Å². The van der Waals surface area contributed by atoms with Crippen LogP contribution in [0, 0.1) is 5.82 Å². The van der Waals surface area contributed by atoms with Crippen molar-refractivity contribution < 1.29 is 9.18 Å². The Morgan fingerprint density at radius 1 is 1.48 bits per heavy atom. The van der Waals surface area contributed by atoms with Gasteiger partial charge in [0.25, 0.3) is 5.91 Å². The Labute approximate surface area is 125 Å². The molecule has 1 fully saturated rings. The molecule has 1 aliphatic heterocycles. The molecule has 2 atom stereocenters. The summed E-state index contributed by atoms with van der Waals surface area (Å²) in [5.41, 5.74) is 0.252. The van der Waals surface area contributed by atoms with Crippen LogP contribution in [-0.4, -0.2) is 40.0 Å². The second-order valence-electron chi connectivity index (χ2n) is 4.81. The fourth-order valence-corrected chi connectivity index (χ4v) is 2.66. The smallest absolute Gasteiger partial charge is 0.253 e. The summed E-state index contributed by atoms with van der Waals surface area (Å²) < 4.78 is 14.7. The number of amides is 1. The van der Waals surface area contributed by atoms with E-state index in [9.17, 15) is 9.18 Å². The third-order valence-electron chi connectivity index (χ3n) is 3.46. The molecule has 1 aromatic heterocycles. The van der Waals surface area contributed by atoms with Gasteiger partial charge >= 0.3 is 0 Å². The summed E-state index contributed by atoms with van der Waals surface area (Å²) in [5, 5.41) is 13.9. The average Bonchev–Trinajstić information content (AvgIpc) is 3.08. The van der Waals surface area contributed by atoms with Gasteiger partial charge < -0.3 is 10.6 Å². The summed E-state index contributed by atoms with van der Waals surface area (Å²) >= 11 is 5.90. The quantitative estimate of drug-likeness (QED) is 0.888. The van der Waals surface area contributed by atoms with Crippen molar-refractivity contribution in [1.29, 1.82) is 0 Å². The lowest BCUT2D eigenvalue weighted by atomic mass is 10.1. The molecule has 0 bridgehead atoms. The first-order valence-corrected chi connectivity index (χ1v) is 6.85. The largest absolute Gasteiger partial charge is 0.346 e. The zero-order valence-electron chi connectivity index (χ0n) is 11.0. The molecule has 2 aromatic rings. The number of aromatic nitrogens is 3. The van der Waals surface area contributed by atoms with Crippen LogP contribution in [0.1, 0.15) is 16.4 Å². The topological polar surface area (TPSA) is 71.8 Å². The average molecular weight is 310 g/mol. The molecular formula is C13H13ClFN5O. The Morgan fingerprint density at radius 3 is 3.05 bits per heavy atom. The van der Waals surface area contributed by atoms with Crippen LogP contribution in [0.4, 0.5) is 4.39 Å². The molecule has 21 heavy (non-hydrogen) atoms. The van der Waals surface area contributed by atoms with E-state index in [1.807, 2.05) is 0 Å². The number of hydrogen-bond acceptors (Lipinski definition) is 4. The molecule has 2 N–H and O–H groups in total. The lowest BCUT2D eigenvalue weighted by Crippen LogP contribution is -2.41. The van der Waals surface area contributed by atoms with Crippen LogP contribution in [0.2, 0.25) is 5.02 Å². The summed E-state index contributed by atoms with van der Waals surface area (Å²) in [6.45, 7) is 1.31. The van der Waals surface area contributed by atoms with Crippen LogP contribution in [0.5, 0.6) is 0 Å². The van der Waals surface area contributed by atoms with Crippen LogP contribution in [0.3, 0.4) is 0 Å². The molecule has 3 rings (SSSR count). The van der Waals surface area contributed by atoms with Gasteiger partial charge in [0.2, 0.25) is 0 Å². The minimum Gasteiger partial charge on any atom is -0.346 e. The van der Waals surface area contributed by atoms with Gasteiger partial charge in [-0.3, -0.25) is 4.79 Å². The van der Waals surface area contributed by atoms with E-state index < -0.39 is 5.82 Å². The number of nitrogens with one attached hydrogen (secondary N) is 2. The second kappa shape index (κ2) is 5.79. The maximum atomic E-state index is 13.0. The predicted molar refractivity (Wildman–Crippen MR) is 74.6 cm³/mol. The van der Waals surface area contributed by atoms with E-state index in [0.717, 1.165) is 6.07 Å². The van der Waals surface area contributed by atoms with Gasteiger partial charge in [-0.05, 0) is 18.2 Å². The third-order valence-corrected chi connectivity index (χ3v) is 3.77. The maximum Gasteiger partial charge on any atom is 0.253 e. The van der Waals surface area contributed by atoms with Gasteiger partial charge in [0, 0.05) is 19.3 Å². The van der Waals surface area contributed by atoms with Crippen molar-refractivity contribution in [2.24, 2.45) is 0 Å². The first kappa shape index (κ1) is 14.0. The number of rotatable bonds is 3. The highest BCUT2D eigenvalue weighted by Crippen LogP contribution is 2.19. The second-order valence-corrected chi connectivity index (χ2v) is 5.22. The monoisotopic (exact) mass is 309 g/mol. The minimum atomic E-state index is -0.473. The SMILES string of the molecule is O=C(N[C@@H]1CNC[C@@H]1n1ccnn1)c1ccc(F)cc1Cl.